The minimum Gasteiger partial charge on any atom is -0.469 e. The summed E-state index contributed by atoms with van der Waals surface area (Å²) in [4.78, 5) is 10.9. The number of hydrogen-bond acceptors (Lipinski definition) is 4. The predicted molar refractivity (Wildman–Crippen MR) is 73.3 cm³/mol. The van der Waals surface area contributed by atoms with Crippen molar-refractivity contribution in [3.63, 3.8) is 0 Å². The van der Waals surface area contributed by atoms with Crippen molar-refractivity contribution in [2.75, 3.05) is 12.9 Å². The monoisotopic (exact) mass is 323 g/mol. The summed E-state index contributed by atoms with van der Waals surface area (Å²) < 4.78 is 43.0. The number of halogens is 2. The zero-order valence-electron chi connectivity index (χ0n) is 10.9. The second-order valence-electron chi connectivity index (χ2n) is 4.07. The zero-order valence-corrected chi connectivity index (χ0v) is 12.4. The van der Waals surface area contributed by atoms with E-state index in [0.717, 1.165) is 0 Å². The van der Waals surface area contributed by atoms with Crippen molar-refractivity contribution >= 4 is 27.6 Å². The fourth-order valence-corrected chi connectivity index (χ4v) is 2.68. The molecule has 8 heteroatoms. The minimum absolute atomic E-state index is 0.0144. The topological polar surface area (TPSA) is 72.5 Å². The lowest BCUT2D eigenvalue weighted by Gasteiger charge is -2.07. The minimum atomic E-state index is -3.50. The van der Waals surface area contributed by atoms with Gasteiger partial charge in [0.1, 0.15) is 5.82 Å². The van der Waals surface area contributed by atoms with Crippen LogP contribution in [0.3, 0.4) is 0 Å². The first kappa shape index (κ1) is 16.9. The Morgan fingerprint density at radius 1 is 1.45 bits per heavy atom. The van der Waals surface area contributed by atoms with Gasteiger partial charge in [-0.25, -0.2) is 17.5 Å². The van der Waals surface area contributed by atoms with Gasteiger partial charge in [-0.3, -0.25) is 4.79 Å². The lowest BCUT2D eigenvalue weighted by atomic mass is 10.2. The van der Waals surface area contributed by atoms with Crippen LogP contribution in [0.4, 0.5) is 4.39 Å². The van der Waals surface area contributed by atoms with Gasteiger partial charge in [0.25, 0.3) is 0 Å². The van der Waals surface area contributed by atoms with E-state index in [1.54, 1.807) is 0 Å². The van der Waals surface area contributed by atoms with E-state index in [0.29, 0.717) is 5.56 Å². The normalized spacial score (nSPS) is 11.3. The lowest BCUT2D eigenvalue weighted by Crippen LogP contribution is -2.26. The second kappa shape index (κ2) is 7.56. The van der Waals surface area contributed by atoms with Gasteiger partial charge in [-0.2, -0.15) is 0 Å². The van der Waals surface area contributed by atoms with Crippen molar-refractivity contribution in [2.45, 2.75) is 19.4 Å². The number of ether oxygens (including phenoxy) is 1. The first-order valence-electron chi connectivity index (χ1n) is 5.82. The molecule has 0 spiro atoms. The van der Waals surface area contributed by atoms with Crippen LogP contribution in [0.25, 0.3) is 0 Å². The number of sulfonamides is 1. The quantitative estimate of drug-likeness (QED) is 0.777. The van der Waals surface area contributed by atoms with Crippen molar-refractivity contribution in [1.82, 2.24) is 4.72 Å². The number of carbonyl (C=O) groups is 1. The molecule has 0 unspecified atom stereocenters. The number of benzene rings is 1. The number of hydrogen-bond donors (Lipinski definition) is 1. The molecule has 0 aliphatic rings. The number of nitrogens with one attached hydrogen (secondary N) is 1. The molecule has 0 heterocycles. The van der Waals surface area contributed by atoms with Crippen LogP contribution in [0.15, 0.2) is 18.2 Å². The average molecular weight is 324 g/mol. The molecule has 0 aliphatic carbocycles. The Morgan fingerprint density at radius 2 is 2.15 bits per heavy atom. The lowest BCUT2D eigenvalue weighted by molar-refractivity contribution is -0.140. The maximum atomic E-state index is 12.9. The summed E-state index contributed by atoms with van der Waals surface area (Å²) in [6, 6.07) is 3.97. The Morgan fingerprint density at radius 3 is 2.75 bits per heavy atom. The number of rotatable bonds is 7. The SMILES string of the molecule is COC(=O)CCCS(=O)(=O)NCc1ccc(F)c(Cl)c1. The molecule has 0 radical (unpaired) electrons. The smallest absolute Gasteiger partial charge is 0.305 e. The van der Waals surface area contributed by atoms with Crippen LogP contribution in [-0.4, -0.2) is 27.2 Å². The van der Waals surface area contributed by atoms with Crippen LogP contribution in [0.2, 0.25) is 5.02 Å². The van der Waals surface area contributed by atoms with Gasteiger partial charge in [0.2, 0.25) is 10.0 Å². The molecule has 0 saturated heterocycles. The number of methoxy groups -OCH3 is 1. The Bertz CT molecular complexity index is 577. The summed E-state index contributed by atoms with van der Waals surface area (Å²) in [5, 5.41) is -0.0626. The highest BCUT2D eigenvalue weighted by atomic mass is 35.5. The van der Waals surface area contributed by atoms with Gasteiger partial charge in [-0.1, -0.05) is 17.7 Å². The van der Waals surface area contributed by atoms with E-state index in [9.17, 15) is 17.6 Å². The third kappa shape index (κ3) is 5.85. The molecule has 1 aromatic rings. The summed E-state index contributed by atoms with van der Waals surface area (Å²) in [5.74, 6) is -1.20. The van der Waals surface area contributed by atoms with Gasteiger partial charge in [0, 0.05) is 13.0 Å². The molecule has 0 aliphatic heterocycles. The number of esters is 1. The summed E-state index contributed by atoms with van der Waals surface area (Å²) in [6.45, 7) is 0.0144. The molecule has 0 atom stereocenters. The Balaban J connectivity index is 2.46. The van der Waals surface area contributed by atoms with Crippen LogP contribution in [-0.2, 0) is 26.1 Å². The molecule has 0 aromatic heterocycles. The van der Waals surface area contributed by atoms with E-state index in [4.69, 9.17) is 11.6 Å². The molecular formula is C12H15ClFNO4S. The molecule has 20 heavy (non-hydrogen) atoms. The van der Waals surface area contributed by atoms with Crippen molar-refractivity contribution < 1.29 is 22.3 Å². The molecule has 0 bridgehead atoms. The van der Waals surface area contributed by atoms with Crippen molar-refractivity contribution in [3.8, 4) is 0 Å². The fraction of sp³-hybridized carbons (Fsp3) is 0.417. The van der Waals surface area contributed by atoms with Crippen LogP contribution >= 0.6 is 11.6 Å². The van der Waals surface area contributed by atoms with E-state index in [-0.39, 0.29) is 30.2 Å². The van der Waals surface area contributed by atoms with E-state index >= 15 is 0 Å². The Hall–Kier alpha value is -1.18. The summed E-state index contributed by atoms with van der Waals surface area (Å²) in [5.41, 5.74) is 0.549. The Labute approximate surface area is 122 Å². The summed E-state index contributed by atoms with van der Waals surface area (Å²) in [6.07, 6.45) is 0.214. The highest BCUT2D eigenvalue weighted by Gasteiger charge is 2.12. The molecular weight excluding hydrogens is 309 g/mol. The Kier molecular flexibility index (Phi) is 6.38. The maximum absolute atomic E-state index is 12.9. The highest BCUT2D eigenvalue weighted by molar-refractivity contribution is 7.89. The van der Waals surface area contributed by atoms with Gasteiger partial charge in [0.05, 0.1) is 17.9 Å². The molecule has 0 amide bonds. The molecule has 1 N–H and O–H groups in total. The first-order valence-corrected chi connectivity index (χ1v) is 7.85. The van der Waals surface area contributed by atoms with Gasteiger partial charge in [0.15, 0.2) is 0 Å². The van der Waals surface area contributed by atoms with Crippen LogP contribution in [0.5, 0.6) is 0 Å². The molecule has 112 valence electrons. The third-order valence-electron chi connectivity index (χ3n) is 2.50. The molecule has 1 aromatic carbocycles. The summed E-state index contributed by atoms with van der Waals surface area (Å²) in [7, 11) is -2.26. The van der Waals surface area contributed by atoms with E-state index in [2.05, 4.69) is 9.46 Å². The molecule has 1 rings (SSSR count). The van der Waals surface area contributed by atoms with Gasteiger partial charge in [-0.15, -0.1) is 0 Å². The standard InChI is InChI=1S/C12H15ClFNO4S/c1-19-12(16)3-2-6-20(17,18)15-8-9-4-5-11(14)10(13)7-9/h4-5,7,15H,2-3,6,8H2,1H3. The molecule has 5 nitrogen and oxygen atoms in total. The van der Waals surface area contributed by atoms with Crippen molar-refractivity contribution in [1.29, 1.82) is 0 Å². The van der Waals surface area contributed by atoms with Crippen molar-refractivity contribution in [2.24, 2.45) is 0 Å². The fourth-order valence-electron chi connectivity index (χ4n) is 1.42. The van der Waals surface area contributed by atoms with Gasteiger partial charge < -0.3 is 4.74 Å². The second-order valence-corrected chi connectivity index (χ2v) is 6.40. The van der Waals surface area contributed by atoms with E-state index < -0.39 is 21.8 Å². The molecule has 0 fully saturated rings. The van der Waals surface area contributed by atoms with Crippen LogP contribution in [0, 0.1) is 5.82 Å². The van der Waals surface area contributed by atoms with E-state index in [1.165, 1.54) is 25.3 Å². The van der Waals surface area contributed by atoms with Crippen LogP contribution in [0.1, 0.15) is 18.4 Å². The van der Waals surface area contributed by atoms with Crippen molar-refractivity contribution in [3.05, 3.63) is 34.6 Å². The predicted octanol–water partition coefficient (Wildman–Crippen LogP) is 1.85. The summed E-state index contributed by atoms with van der Waals surface area (Å²) >= 11 is 5.59. The van der Waals surface area contributed by atoms with Crippen LogP contribution < -0.4 is 4.72 Å². The number of carbonyl (C=O) groups excluding carboxylic acids is 1. The van der Waals surface area contributed by atoms with Gasteiger partial charge >= 0.3 is 5.97 Å². The van der Waals surface area contributed by atoms with Gasteiger partial charge in [-0.05, 0) is 24.1 Å². The highest BCUT2D eigenvalue weighted by Crippen LogP contribution is 2.16. The van der Waals surface area contributed by atoms with E-state index in [1.807, 2.05) is 0 Å². The third-order valence-corrected chi connectivity index (χ3v) is 4.20. The first-order chi connectivity index (χ1) is 9.34. The largest absolute Gasteiger partial charge is 0.469 e. The maximum Gasteiger partial charge on any atom is 0.305 e. The zero-order chi connectivity index (χ0) is 15.2. The molecule has 0 saturated carbocycles. The average Bonchev–Trinajstić information content (AvgIpc) is 2.40.